The van der Waals surface area contributed by atoms with Gasteiger partial charge in [0.05, 0.1) is 11.0 Å². The van der Waals surface area contributed by atoms with Gasteiger partial charge in [-0.2, -0.15) is 0 Å². The first-order valence-electron chi connectivity index (χ1n) is 14.4. The molecule has 0 atom stereocenters. The summed E-state index contributed by atoms with van der Waals surface area (Å²) in [6, 6.07) is 42.5. The van der Waals surface area contributed by atoms with E-state index in [2.05, 4.69) is 95.6 Å². The molecule has 0 saturated carbocycles. The normalized spacial score (nSPS) is 12.2. The minimum atomic E-state index is -2.87. The lowest BCUT2D eigenvalue weighted by Crippen LogP contribution is -2.11. The molecule has 0 spiro atoms. The van der Waals surface area contributed by atoms with Crippen molar-refractivity contribution in [3.05, 3.63) is 133 Å². The van der Waals surface area contributed by atoms with Crippen molar-refractivity contribution in [1.82, 2.24) is 9.55 Å². The molecule has 2 nitrogen and oxygen atoms in total. The van der Waals surface area contributed by atoms with Crippen LogP contribution in [0.4, 0.5) is 8.78 Å². The number of fused-ring (bicyclic) bond motifs is 7. The highest BCUT2D eigenvalue weighted by Crippen LogP contribution is 2.41. The number of rotatable bonds is 5. The van der Waals surface area contributed by atoms with E-state index < -0.39 is 5.92 Å². The summed E-state index contributed by atoms with van der Waals surface area (Å²) in [7, 11) is 0. The van der Waals surface area contributed by atoms with E-state index in [0.29, 0.717) is 0 Å². The maximum Gasteiger partial charge on any atom is 0.273 e. The molecule has 8 aromatic rings. The number of alkyl halides is 2. The van der Waals surface area contributed by atoms with E-state index in [-0.39, 0.29) is 12.0 Å². The van der Waals surface area contributed by atoms with Crippen molar-refractivity contribution in [3.8, 4) is 27.5 Å². The average Bonchev–Trinajstić information content (AvgIpc) is 3.68. The third kappa shape index (κ3) is 4.15. The van der Waals surface area contributed by atoms with E-state index >= 15 is 0 Å². The van der Waals surface area contributed by atoms with Crippen LogP contribution in [0.3, 0.4) is 0 Å². The number of imidazole rings is 1. The van der Waals surface area contributed by atoms with Gasteiger partial charge in [0.15, 0.2) is 0 Å². The third-order valence-corrected chi connectivity index (χ3v) is 9.54. The minimum absolute atomic E-state index is 0.0210. The predicted octanol–water partition coefficient (Wildman–Crippen LogP) is 11.4. The summed E-state index contributed by atoms with van der Waals surface area (Å²) in [5, 5.41) is 5.64. The van der Waals surface area contributed by atoms with Gasteiger partial charge in [-0.25, -0.2) is 13.8 Å². The number of halogens is 2. The van der Waals surface area contributed by atoms with Crippen molar-refractivity contribution in [2.75, 3.05) is 0 Å². The maximum atomic E-state index is 14.6. The fraction of sp³-hybridized carbons (Fsp3) is 0.0789. The van der Waals surface area contributed by atoms with Gasteiger partial charge in [0.25, 0.3) is 5.92 Å². The Kier molecular flexibility index (Phi) is 5.92. The van der Waals surface area contributed by atoms with Gasteiger partial charge in [-0.1, -0.05) is 110 Å². The molecule has 2 heterocycles. The summed E-state index contributed by atoms with van der Waals surface area (Å²) in [5.41, 5.74) is 4.77. The molecule has 208 valence electrons. The quantitative estimate of drug-likeness (QED) is 0.185. The van der Waals surface area contributed by atoms with E-state index in [9.17, 15) is 8.78 Å². The second kappa shape index (κ2) is 9.85. The zero-order valence-corrected chi connectivity index (χ0v) is 24.2. The first-order valence-corrected chi connectivity index (χ1v) is 15.2. The Morgan fingerprint density at radius 1 is 0.674 bits per heavy atom. The van der Waals surface area contributed by atoms with Gasteiger partial charge >= 0.3 is 0 Å². The predicted molar refractivity (Wildman–Crippen MR) is 177 cm³/mol. The number of benzene rings is 6. The van der Waals surface area contributed by atoms with Crippen LogP contribution in [0.15, 0.2) is 127 Å². The van der Waals surface area contributed by atoms with E-state index in [4.69, 9.17) is 4.98 Å². The Balaban J connectivity index is 1.38. The van der Waals surface area contributed by atoms with Gasteiger partial charge in [0.1, 0.15) is 5.82 Å². The Hall–Kier alpha value is -4.87. The SMILES string of the molecule is CCC(F)(F)c1ccc(-n2c(-c3ccc(-c4cc5ccccc5s4)cc3)nc3c4ccccc4c4ccccc4c32)cc1. The highest BCUT2D eigenvalue weighted by atomic mass is 32.1. The van der Waals surface area contributed by atoms with E-state index in [0.717, 1.165) is 55.2 Å². The van der Waals surface area contributed by atoms with Crippen LogP contribution in [0.2, 0.25) is 0 Å². The molecular formula is C38H26F2N2S. The first kappa shape index (κ1) is 25.8. The maximum absolute atomic E-state index is 14.6. The third-order valence-electron chi connectivity index (χ3n) is 8.38. The smallest absolute Gasteiger partial charge is 0.273 e. The lowest BCUT2D eigenvalue weighted by atomic mass is 10.00. The molecule has 5 heteroatoms. The topological polar surface area (TPSA) is 17.8 Å². The fourth-order valence-corrected chi connectivity index (χ4v) is 7.18. The molecular weight excluding hydrogens is 554 g/mol. The summed E-state index contributed by atoms with van der Waals surface area (Å²) in [5.74, 6) is -2.10. The molecule has 0 aliphatic rings. The Labute approximate surface area is 251 Å². The molecule has 0 radical (unpaired) electrons. The highest BCUT2D eigenvalue weighted by Gasteiger charge is 2.29. The van der Waals surface area contributed by atoms with Crippen LogP contribution in [-0.2, 0) is 5.92 Å². The lowest BCUT2D eigenvalue weighted by molar-refractivity contribution is -0.00827. The molecule has 0 aliphatic heterocycles. The van der Waals surface area contributed by atoms with Gasteiger partial charge in [-0.15, -0.1) is 11.3 Å². The summed E-state index contributed by atoms with van der Waals surface area (Å²) >= 11 is 1.78. The minimum Gasteiger partial charge on any atom is -0.292 e. The van der Waals surface area contributed by atoms with Crippen LogP contribution in [-0.4, -0.2) is 9.55 Å². The monoisotopic (exact) mass is 580 g/mol. The molecule has 43 heavy (non-hydrogen) atoms. The van der Waals surface area contributed by atoms with Gasteiger partial charge in [-0.3, -0.25) is 4.57 Å². The molecule has 6 aromatic carbocycles. The molecule has 0 saturated heterocycles. The molecule has 0 bridgehead atoms. The van der Waals surface area contributed by atoms with Crippen LogP contribution in [0.1, 0.15) is 18.9 Å². The summed E-state index contributed by atoms with van der Waals surface area (Å²) in [6.45, 7) is 1.51. The number of nitrogens with zero attached hydrogens (tertiary/aromatic N) is 2. The van der Waals surface area contributed by atoms with Crippen molar-refractivity contribution < 1.29 is 8.78 Å². The first-order chi connectivity index (χ1) is 21.0. The second-order valence-electron chi connectivity index (χ2n) is 10.9. The Morgan fingerprint density at radius 3 is 1.98 bits per heavy atom. The van der Waals surface area contributed by atoms with Crippen LogP contribution >= 0.6 is 11.3 Å². The molecule has 0 fully saturated rings. The van der Waals surface area contributed by atoms with Crippen molar-refractivity contribution in [2.45, 2.75) is 19.3 Å². The fourth-order valence-electron chi connectivity index (χ4n) is 6.12. The van der Waals surface area contributed by atoms with Crippen molar-refractivity contribution >= 4 is 54.0 Å². The van der Waals surface area contributed by atoms with Crippen molar-refractivity contribution in [3.63, 3.8) is 0 Å². The number of hydrogen-bond donors (Lipinski definition) is 0. The average molecular weight is 581 g/mol. The number of aromatic nitrogens is 2. The second-order valence-corrected chi connectivity index (χ2v) is 12.0. The standard InChI is InChI=1S/C38H26F2N2S/c1-2-38(39,40)27-19-21-28(22-20-27)42-36-32-13-7-5-11-30(32)29-10-4-6-12-31(29)35(36)41-37(42)25-17-15-24(16-18-25)34-23-26-9-3-8-14-33(26)43-34/h3-23H,2H2,1H3. The van der Waals surface area contributed by atoms with Crippen LogP contribution in [0.25, 0.3) is 70.2 Å². The zero-order chi connectivity index (χ0) is 29.1. The largest absolute Gasteiger partial charge is 0.292 e. The van der Waals surface area contributed by atoms with E-state index in [1.807, 2.05) is 12.1 Å². The van der Waals surface area contributed by atoms with Crippen LogP contribution in [0.5, 0.6) is 0 Å². The molecule has 0 N–H and O–H groups in total. The number of thiophene rings is 1. The number of hydrogen-bond acceptors (Lipinski definition) is 2. The molecule has 0 aliphatic carbocycles. The zero-order valence-electron chi connectivity index (χ0n) is 23.4. The summed E-state index contributed by atoms with van der Waals surface area (Å²) < 4.78 is 32.5. The Bertz CT molecular complexity index is 2260. The van der Waals surface area contributed by atoms with Gasteiger partial charge < -0.3 is 0 Å². The lowest BCUT2D eigenvalue weighted by Gasteiger charge is -2.16. The van der Waals surface area contributed by atoms with Crippen LogP contribution < -0.4 is 0 Å². The van der Waals surface area contributed by atoms with Crippen LogP contribution in [0, 0.1) is 0 Å². The summed E-state index contributed by atoms with van der Waals surface area (Å²) in [4.78, 5) is 6.49. The van der Waals surface area contributed by atoms with Gasteiger partial charge in [0, 0.05) is 43.6 Å². The molecule has 0 amide bonds. The van der Waals surface area contributed by atoms with E-state index in [1.54, 1.807) is 35.6 Å². The van der Waals surface area contributed by atoms with Crippen molar-refractivity contribution in [1.29, 1.82) is 0 Å². The van der Waals surface area contributed by atoms with Gasteiger partial charge in [-0.05, 0) is 46.0 Å². The highest BCUT2D eigenvalue weighted by molar-refractivity contribution is 7.22. The van der Waals surface area contributed by atoms with Crippen molar-refractivity contribution in [2.24, 2.45) is 0 Å². The summed E-state index contributed by atoms with van der Waals surface area (Å²) in [6.07, 6.45) is -0.242. The molecule has 2 aromatic heterocycles. The Morgan fingerprint density at radius 2 is 1.28 bits per heavy atom. The van der Waals surface area contributed by atoms with Gasteiger partial charge in [0.2, 0.25) is 0 Å². The molecule has 0 unspecified atom stereocenters. The van der Waals surface area contributed by atoms with E-state index in [1.165, 1.54) is 21.9 Å². The molecule has 8 rings (SSSR count).